The molecule has 0 aromatic carbocycles. The van der Waals surface area contributed by atoms with Gasteiger partial charge in [-0.25, -0.2) is 0 Å². The molecule has 0 aromatic rings. The first-order valence-corrected chi connectivity index (χ1v) is 8.49. The number of esters is 3. The highest BCUT2D eigenvalue weighted by molar-refractivity contribution is 5.78. The molecular weight excluding hydrogens is 316 g/mol. The van der Waals surface area contributed by atoms with E-state index in [2.05, 4.69) is 0 Å². The molecule has 7 nitrogen and oxygen atoms in total. The first-order chi connectivity index (χ1) is 11.2. The van der Waals surface area contributed by atoms with Gasteiger partial charge in [-0.05, 0) is 33.6 Å². The summed E-state index contributed by atoms with van der Waals surface area (Å²) in [6, 6.07) is 0. The molecule has 0 N–H and O–H groups in total. The second kappa shape index (κ2) is 6.02. The normalized spacial score (nSPS) is 34.8. The number of carbonyl (C=O) groups excluding carboxylic acids is 3. The molecule has 3 rings (SSSR count). The third-order valence-corrected chi connectivity index (χ3v) is 5.25. The molecular formula is C17H24O7. The summed E-state index contributed by atoms with van der Waals surface area (Å²) < 4.78 is 21.7. The number of ether oxygens (including phenoxy) is 4. The first kappa shape index (κ1) is 17.2. The Morgan fingerprint density at radius 2 is 2.04 bits per heavy atom. The van der Waals surface area contributed by atoms with Crippen LogP contribution in [0.25, 0.3) is 0 Å². The summed E-state index contributed by atoms with van der Waals surface area (Å²) in [4.78, 5) is 35.8. The van der Waals surface area contributed by atoms with Gasteiger partial charge in [0.2, 0.25) is 0 Å². The fourth-order valence-corrected chi connectivity index (χ4v) is 3.34. The lowest BCUT2D eigenvalue weighted by molar-refractivity contribution is -0.167. The molecule has 24 heavy (non-hydrogen) atoms. The van der Waals surface area contributed by atoms with E-state index in [1.807, 2.05) is 6.92 Å². The molecule has 0 aliphatic carbocycles. The predicted octanol–water partition coefficient (Wildman–Crippen LogP) is 1.37. The summed E-state index contributed by atoms with van der Waals surface area (Å²) in [5.74, 6) is -1.30. The molecule has 3 saturated heterocycles. The Balaban J connectivity index is 1.50. The van der Waals surface area contributed by atoms with Gasteiger partial charge in [0.05, 0.1) is 23.9 Å². The maximum Gasteiger partial charge on any atom is 0.312 e. The Kier molecular flexibility index (Phi) is 4.32. The van der Waals surface area contributed by atoms with Crippen molar-refractivity contribution in [2.75, 3.05) is 0 Å². The molecule has 0 spiro atoms. The lowest BCUT2D eigenvalue weighted by Crippen LogP contribution is -2.40. The number of hydrogen-bond donors (Lipinski definition) is 0. The van der Waals surface area contributed by atoms with Crippen molar-refractivity contribution in [3.8, 4) is 0 Å². The number of hydrogen-bond acceptors (Lipinski definition) is 7. The Bertz CT molecular complexity index is 555. The van der Waals surface area contributed by atoms with Crippen LogP contribution in [0.5, 0.6) is 0 Å². The maximum atomic E-state index is 12.1. The van der Waals surface area contributed by atoms with Crippen LogP contribution in [0, 0.1) is 11.3 Å². The summed E-state index contributed by atoms with van der Waals surface area (Å²) in [5.41, 5.74) is -0.580. The molecule has 3 aliphatic heterocycles. The van der Waals surface area contributed by atoms with Crippen LogP contribution >= 0.6 is 0 Å². The molecule has 0 amide bonds. The SMILES string of the molecule is CCC(C)(C)C(=O)OC(C)CC(=O)OC1C2CC3C(=O)OC1C3O2. The van der Waals surface area contributed by atoms with Gasteiger partial charge in [-0.3, -0.25) is 14.4 Å². The number of fused-ring (bicyclic) bond motifs is 1. The fraction of sp³-hybridized carbons (Fsp3) is 0.824. The number of carbonyl (C=O) groups is 3. The highest BCUT2D eigenvalue weighted by Gasteiger charge is 2.65. The summed E-state index contributed by atoms with van der Waals surface area (Å²) in [5, 5.41) is 0. The van der Waals surface area contributed by atoms with Gasteiger partial charge in [-0.2, -0.15) is 0 Å². The summed E-state index contributed by atoms with van der Waals surface area (Å²) in [6.45, 7) is 7.18. The van der Waals surface area contributed by atoms with E-state index in [4.69, 9.17) is 18.9 Å². The van der Waals surface area contributed by atoms with Crippen LogP contribution in [-0.2, 0) is 33.3 Å². The Labute approximate surface area is 140 Å². The Hall–Kier alpha value is -1.63. The van der Waals surface area contributed by atoms with Gasteiger partial charge in [-0.15, -0.1) is 0 Å². The predicted molar refractivity (Wildman–Crippen MR) is 80.8 cm³/mol. The standard InChI is InChI=1S/C17H24O7/c1-5-17(3,4)16(20)21-8(2)6-11(18)23-13-10-7-9-12(22-10)14(13)24-15(9)19/h8-10,12-14H,5-7H2,1-4H3. The van der Waals surface area contributed by atoms with Gasteiger partial charge in [-0.1, -0.05) is 6.92 Å². The fourth-order valence-electron chi connectivity index (χ4n) is 3.34. The van der Waals surface area contributed by atoms with E-state index in [0.29, 0.717) is 12.8 Å². The molecule has 7 heteroatoms. The van der Waals surface area contributed by atoms with Gasteiger partial charge in [0.15, 0.2) is 12.2 Å². The van der Waals surface area contributed by atoms with Crippen LogP contribution in [0.15, 0.2) is 0 Å². The summed E-state index contributed by atoms with van der Waals surface area (Å²) in [6.07, 6.45) is -1.05. The monoisotopic (exact) mass is 340 g/mol. The maximum absolute atomic E-state index is 12.1. The quantitative estimate of drug-likeness (QED) is 0.533. The lowest BCUT2D eigenvalue weighted by atomic mass is 9.88. The smallest absolute Gasteiger partial charge is 0.312 e. The minimum absolute atomic E-state index is 0.0382. The van der Waals surface area contributed by atoms with Crippen molar-refractivity contribution in [2.24, 2.45) is 11.3 Å². The van der Waals surface area contributed by atoms with E-state index in [1.165, 1.54) is 0 Å². The number of rotatable bonds is 6. The van der Waals surface area contributed by atoms with Gasteiger partial charge >= 0.3 is 17.9 Å². The van der Waals surface area contributed by atoms with Crippen molar-refractivity contribution < 1.29 is 33.3 Å². The molecule has 3 heterocycles. The summed E-state index contributed by atoms with van der Waals surface area (Å²) in [7, 11) is 0. The average molecular weight is 340 g/mol. The van der Waals surface area contributed by atoms with Crippen LogP contribution in [0.4, 0.5) is 0 Å². The van der Waals surface area contributed by atoms with Crippen molar-refractivity contribution in [3.63, 3.8) is 0 Å². The molecule has 134 valence electrons. The third kappa shape index (κ3) is 2.90. The minimum atomic E-state index is -0.580. The van der Waals surface area contributed by atoms with Gasteiger partial charge < -0.3 is 18.9 Å². The van der Waals surface area contributed by atoms with Crippen molar-refractivity contribution in [1.82, 2.24) is 0 Å². The molecule has 6 atom stereocenters. The van der Waals surface area contributed by atoms with Crippen LogP contribution < -0.4 is 0 Å². The van der Waals surface area contributed by atoms with Crippen LogP contribution in [0.2, 0.25) is 0 Å². The van der Waals surface area contributed by atoms with Gasteiger partial charge in [0.1, 0.15) is 12.2 Å². The molecule has 6 unspecified atom stereocenters. The second-order valence-corrected chi connectivity index (χ2v) is 7.49. The first-order valence-electron chi connectivity index (χ1n) is 8.49. The van der Waals surface area contributed by atoms with Crippen molar-refractivity contribution in [1.29, 1.82) is 0 Å². The molecule has 3 aliphatic rings. The van der Waals surface area contributed by atoms with E-state index < -0.39 is 29.7 Å². The molecule has 0 saturated carbocycles. The van der Waals surface area contributed by atoms with E-state index in [0.717, 1.165) is 0 Å². The van der Waals surface area contributed by atoms with Gasteiger partial charge in [0, 0.05) is 0 Å². The molecule has 3 fully saturated rings. The van der Waals surface area contributed by atoms with Gasteiger partial charge in [0.25, 0.3) is 0 Å². The largest absolute Gasteiger partial charge is 0.462 e. The van der Waals surface area contributed by atoms with Crippen LogP contribution in [0.3, 0.4) is 0 Å². The third-order valence-electron chi connectivity index (χ3n) is 5.25. The molecule has 0 radical (unpaired) electrons. The van der Waals surface area contributed by atoms with Crippen molar-refractivity contribution >= 4 is 17.9 Å². The zero-order valence-electron chi connectivity index (χ0n) is 14.4. The van der Waals surface area contributed by atoms with Crippen molar-refractivity contribution in [2.45, 2.75) is 77.5 Å². The second-order valence-electron chi connectivity index (χ2n) is 7.49. The Morgan fingerprint density at radius 1 is 1.33 bits per heavy atom. The zero-order chi connectivity index (χ0) is 17.6. The zero-order valence-corrected chi connectivity index (χ0v) is 14.4. The molecule has 2 bridgehead atoms. The van der Waals surface area contributed by atoms with E-state index in [9.17, 15) is 14.4 Å². The topological polar surface area (TPSA) is 88.1 Å². The lowest BCUT2D eigenvalue weighted by Gasteiger charge is -2.25. The van der Waals surface area contributed by atoms with E-state index >= 15 is 0 Å². The highest BCUT2D eigenvalue weighted by atomic mass is 16.7. The molecule has 0 aromatic heterocycles. The minimum Gasteiger partial charge on any atom is -0.462 e. The summed E-state index contributed by atoms with van der Waals surface area (Å²) >= 11 is 0. The van der Waals surface area contributed by atoms with E-state index in [1.54, 1.807) is 20.8 Å². The highest BCUT2D eigenvalue weighted by Crippen LogP contribution is 2.47. The van der Waals surface area contributed by atoms with E-state index in [-0.39, 0.29) is 36.5 Å². The van der Waals surface area contributed by atoms with Crippen LogP contribution in [-0.4, -0.2) is 48.4 Å². The Morgan fingerprint density at radius 3 is 2.71 bits per heavy atom. The van der Waals surface area contributed by atoms with Crippen molar-refractivity contribution in [3.05, 3.63) is 0 Å². The average Bonchev–Trinajstić information content (AvgIpc) is 3.11. The van der Waals surface area contributed by atoms with Crippen LogP contribution in [0.1, 0.15) is 47.0 Å².